The summed E-state index contributed by atoms with van der Waals surface area (Å²) >= 11 is 0. The molecule has 17 amide bonds. The number of carboxylic acid groups (broad SMARTS) is 1. The molecule has 742 valence electrons. The number of carbonyl (C=O) groups excluding carboxylic acids is 18. The number of phenols is 1. The number of aromatic nitrogens is 4. The fraction of sp³-hybridized carbons (Fsp3) is 0.527. The van der Waals surface area contributed by atoms with Gasteiger partial charge in [0.05, 0.1) is 32.1 Å². The Hall–Kier alpha value is -14.2. The van der Waals surface area contributed by atoms with Crippen LogP contribution >= 0.6 is 0 Å². The van der Waals surface area contributed by atoms with Gasteiger partial charge in [-0.3, -0.25) is 86.3 Å². The van der Waals surface area contributed by atoms with Gasteiger partial charge < -0.3 is 129 Å². The molecule has 6 aromatic rings. The van der Waals surface area contributed by atoms with Gasteiger partial charge >= 0.3 is 5.97 Å². The molecule has 20 N–H and O–H groups in total. The number of aromatic amines is 2. The first-order chi connectivity index (χ1) is 65.3. The van der Waals surface area contributed by atoms with Gasteiger partial charge in [0, 0.05) is 125 Å². The standard InChI is InChI=1S/C93H128N22O22/c1-9-11-23-72-86(130)107-66(37-52(3)4)84(128)104-63(82(126)99-45-77(95)120)22-17-34-96-46-78(121)102-69(38-54-27-29-58(117)30-28-54)89(133)110(6)53(5)81(125)105-65(33-36-116)91(135)114-35-18-26-73(114)87(131)109-68(41-57-44-97-51-101-57)85(129)106-64(31-32-76(94)119)92(136)115-49-59(118)42-75(115)88(132)108-67(39-55-43-98-62-21-15-13-19-60(55)62)83(127)100-47-79(122)103-70(90(134)112(8)74(24-12-10-2)93(137)111(72)7)40-56-48-113(50-80(123)124)71-25-16-14-20-61(56)71/h13-16,19-21,25,27-30,36,43-44,48,51-53,59,63-70,72-75,96,98,117-118H,9-12,17-18,22-24,26,31-35,37-42,45-47,49-50H2,1-8H3,(H2,94,119)(H2,95,120)(H,97,101)(H,99,126)(H,100,127)(H,102,121)(H,103,122)(H,104,128)(H,105,125)(H,106,129)(H,107,130)(H,108,132)(H,109,131)(H,123,124)/t53-,59+,63-,64-,65?,66-,67-,68-,69-,70-,72-,73-,74-,75-/m0/s1. The Labute approximate surface area is 791 Å². The van der Waals surface area contributed by atoms with Crippen LogP contribution < -0.4 is 70.0 Å². The number of nitrogens with two attached hydrogens (primary N) is 2. The van der Waals surface area contributed by atoms with Crippen molar-refractivity contribution >= 4 is 134 Å². The third-order valence-electron chi connectivity index (χ3n) is 24.7. The van der Waals surface area contributed by atoms with Crippen LogP contribution in [0.3, 0.4) is 0 Å². The number of fused-ring (bicyclic) bond motifs is 4. The van der Waals surface area contributed by atoms with Crippen molar-refractivity contribution in [2.24, 2.45) is 17.4 Å². The van der Waals surface area contributed by atoms with Gasteiger partial charge in [-0.2, -0.15) is 0 Å². The van der Waals surface area contributed by atoms with Crippen LogP contribution in [0, 0.1) is 5.92 Å². The van der Waals surface area contributed by atoms with E-state index in [2.05, 4.69) is 73.4 Å². The molecule has 9 rings (SSSR count). The van der Waals surface area contributed by atoms with Crippen molar-refractivity contribution < 1.29 is 106 Å². The summed E-state index contributed by atoms with van der Waals surface area (Å²) < 4.78 is 1.44. The number of rotatable bonds is 26. The van der Waals surface area contributed by atoms with Crippen LogP contribution in [0.1, 0.15) is 153 Å². The molecule has 3 fully saturated rings. The molecule has 0 radical (unpaired) electrons. The smallest absolute Gasteiger partial charge is 0.323 e. The highest BCUT2D eigenvalue weighted by Gasteiger charge is 2.46. The number of aliphatic hydroxyl groups is 1. The van der Waals surface area contributed by atoms with Gasteiger partial charge in [0.25, 0.3) is 0 Å². The number of nitrogens with one attached hydrogen (secondary N) is 13. The number of carboxylic acids is 1. The number of benzene rings is 3. The van der Waals surface area contributed by atoms with Crippen molar-refractivity contribution in [3.8, 4) is 5.75 Å². The quantitative estimate of drug-likeness (QED) is 0.0252. The van der Waals surface area contributed by atoms with Crippen molar-refractivity contribution in [3.63, 3.8) is 0 Å². The number of hydrogen-bond donors (Lipinski definition) is 18. The lowest BCUT2D eigenvalue weighted by molar-refractivity contribution is -0.149. The first kappa shape index (κ1) is 106. The zero-order valence-electron chi connectivity index (χ0n) is 78.2. The fourth-order valence-corrected chi connectivity index (χ4v) is 17.2. The highest BCUT2D eigenvalue weighted by molar-refractivity contribution is 6.02. The number of aliphatic carboxylic acids is 1. The van der Waals surface area contributed by atoms with Crippen LogP contribution in [0.25, 0.3) is 21.8 Å². The van der Waals surface area contributed by atoms with E-state index < -0.39 is 249 Å². The van der Waals surface area contributed by atoms with E-state index in [1.165, 1.54) is 80.5 Å². The molecule has 44 nitrogen and oxygen atoms in total. The third kappa shape index (κ3) is 29.9. The van der Waals surface area contributed by atoms with Crippen LogP contribution in [0.4, 0.5) is 0 Å². The second kappa shape index (κ2) is 50.9. The van der Waals surface area contributed by atoms with Crippen LogP contribution in [0.5, 0.6) is 5.75 Å². The van der Waals surface area contributed by atoms with E-state index in [0.717, 1.165) is 19.6 Å². The maximum Gasteiger partial charge on any atom is 0.323 e. The number of primary amides is 2. The fourth-order valence-electron chi connectivity index (χ4n) is 17.2. The molecular formula is C93H128N22O22. The number of aromatic hydroxyl groups is 1. The van der Waals surface area contributed by atoms with Crippen molar-refractivity contribution in [1.29, 1.82) is 0 Å². The molecule has 137 heavy (non-hydrogen) atoms. The zero-order chi connectivity index (χ0) is 100. The molecule has 14 atom stereocenters. The van der Waals surface area contributed by atoms with Gasteiger partial charge in [0.2, 0.25) is 100 Å². The lowest BCUT2D eigenvalue weighted by atomic mass is 9.99. The molecule has 3 aliphatic heterocycles. The number of hydrogen-bond acceptors (Lipinski definition) is 23. The predicted octanol–water partition coefficient (Wildman–Crippen LogP) is -2.38. The van der Waals surface area contributed by atoms with Crippen LogP contribution in [0.15, 0.2) is 97.7 Å². The van der Waals surface area contributed by atoms with E-state index >= 15 is 33.6 Å². The molecular weight excluding hydrogens is 1780 g/mol. The van der Waals surface area contributed by atoms with Crippen LogP contribution in [-0.2, 0) is 123 Å². The first-order valence-corrected chi connectivity index (χ1v) is 46.1. The van der Waals surface area contributed by atoms with Gasteiger partial charge in [-0.1, -0.05) is 102 Å². The maximum absolute atomic E-state index is 15.8. The zero-order valence-corrected chi connectivity index (χ0v) is 78.2. The Balaban J connectivity index is 1.08. The number of H-pyrrole nitrogens is 2. The Morgan fingerprint density at radius 3 is 1.83 bits per heavy atom. The Kier molecular flexibility index (Phi) is 39.6. The Bertz CT molecular complexity index is 5310. The molecule has 6 heterocycles. The Morgan fingerprint density at radius 2 is 1.18 bits per heavy atom. The average molecular weight is 1910 g/mol. The number of carbonyl (C=O) groups is 19. The normalized spacial score (nSPS) is 24.2. The SMILES string of the molecule is CCCC[C@H]1C(=O)N(C)[C@@H](CCCC)C(=O)N[C@@H](CC(C)C)C(=O)N[C@H](C(=O)NCC(N)=O)CCCNCC(=O)N[C@@H](Cc2ccc(O)cc2)C(=O)N(C)[C@@H](C)C(=O)NC(CC=O)C(=O)N2CCC[C@H]2C(=O)N[C@@H](Cc2cnc[nH]2)C(=O)N[C@@H](CCC(N)=O)C(=O)N2C[C@H](O)C[C@H]2C(=O)N[C@@H](Cc2c[nH]c3ccccc23)C(=O)NCC(=O)N[C@@H](Cc2cn(CC(=O)O)c3ccccc23)C(=O)N1C. The van der Waals surface area contributed by atoms with Gasteiger partial charge in [0.15, 0.2) is 0 Å². The molecule has 1 unspecified atom stereocenters. The van der Waals surface area contributed by atoms with Crippen molar-refractivity contribution in [2.75, 3.05) is 60.4 Å². The summed E-state index contributed by atoms with van der Waals surface area (Å²) in [6, 6.07) is -0.336. The monoisotopic (exact) mass is 1900 g/mol. The highest BCUT2D eigenvalue weighted by Crippen LogP contribution is 2.29. The van der Waals surface area contributed by atoms with Crippen molar-refractivity contribution in [1.82, 2.24) is 103 Å². The van der Waals surface area contributed by atoms with E-state index in [-0.39, 0.29) is 101 Å². The number of imidazole rings is 1. The molecule has 0 saturated carbocycles. The third-order valence-corrected chi connectivity index (χ3v) is 24.7. The first-order valence-electron chi connectivity index (χ1n) is 46.1. The summed E-state index contributed by atoms with van der Waals surface area (Å²) in [6.07, 6.45) is 2.99. The number of unbranched alkanes of at least 4 members (excludes halogenated alkanes) is 2. The minimum absolute atomic E-state index is 0.00412. The van der Waals surface area contributed by atoms with Crippen molar-refractivity contribution in [2.45, 2.75) is 248 Å². The summed E-state index contributed by atoms with van der Waals surface area (Å²) in [5.74, 6) is -17.1. The summed E-state index contributed by atoms with van der Waals surface area (Å²) in [5, 5.41) is 62.2. The summed E-state index contributed by atoms with van der Waals surface area (Å²) in [4.78, 5) is 288. The predicted molar refractivity (Wildman–Crippen MR) is 496 cm³/mol. The number of aliphatic hydroxyl groups excluding tert-OH is 1. The number of aldehydes is 1. The van der Waals surface area contributed by atoms with Gasteiger partial charge in [-0.15, -0.1) is 0 Å². The van der Waals surface area contributed by atoms with Crippen LogP contribution in [-0.4, -0.2) is 317 Å². The second-order valence-corrected chi connectivity index (χ2v) is 35.4. The van der Waals surface area contributed by atoms with E-state index in [0.29, 0.717) is 70.5 Å². The lowest BCUT2D eigenvalue weighted by Crippen LogP contribution is -2.60. The van der Waals surface area contributed by atoms with E-state index in [1.54, 1.807) is 68.6 Å². The number of likely N-dealkylation sites (N-methyl/N-ethyl adjacent to an activating group) is 3. The summed E-state index contributed by atoms with van der Waals surface area (Å²) in [7, 11) is 3.96. The second-order valence-electron chi connectivity index (χ2n) is 35.4. The largest absolute Gasteiger partial charge is 0.508 e. The number of phenolic OH excluding ortho intramolecular Hbond substituents is 1. The maximum atomic E-state index is 15.8. The number of para-hydroxylation sites is 2. The molecule has 3 aliphatic rings. The molecule has 3 aromatic carbocycles. The van der Waals surface area contributed by atoms with Gasteiger partial charge in [-0.25, -0.2) is 4.98 Å². The molecule has 44 heteroatoms. The molecule has 0 spiro atoms. The Morgan fingerprint density at radius 1 is 0.577 bits per heavy atom. The molecule has 0 bridgehead atoms. The van der Waals surface area contributed by atoms with E-state index in [4.69, 9.17) is 11.5 Å². The molecule has 0 aliphatic carbocycles. The summed E-state index contributed by atoms with van der Waals surface area (Å²) in [6.45, 7) is 5.33. The number of nitrogens with zero attached hydrogens (tertiary/aromatic N) is 7. The van der Waals surface area contributed by atoms with Crippen molar-refractivity contribution in [3.05, 3.63) is 120 Å². The average Bonchev–Trinajstić information content (AvgIpc) is 1.87. The highest BCUT2D eigenvalue weighted by atomic mass is 16.4. The summed E-state index contributed by atoms with van der Waals surface area (Å²) in [5.41, 5.74) is 13.7. The van der Waals surface area contributed by atoms with E-state index in [1.807, 2.05) is 13.8 Å². The minimum Gasteiger partial charge on any atom is -0.508 e. The van der Waals surface area contributed by atoms with Gasteiger partial charge in [-0.05, 0) is 112 Å². The topological polar surface area (TPSA) is 635 Å². The molecule has 3 saturated heterocycles. The van der Waals surface area contributed by atoms with E-state index in [9.17, 15) is 72.9 Å². The molecule has 3 aromatic heterocycles. The van der Waals surface area contributed by atoms with Gasteiger partial charge in [0.1, 0.15) is 97.1 Å². The minimum atomic E-state index is -1.75. The number of amides is 17. The lowest BCUT2D eigenvalue weighted by Gasteiger charge is -2.36. The van der Waals surface area contributed by atoms with Crippen LogP contribution in [0.2, 0.25) is 0 Å².